The van der Waals surface area contributed by atoms with E-state index in [9.17, 15) is 0 Å². The molecular weight excluding hydrogens is 324 g/mol. The van der Waals surface area contributed by atoms with Crippen LogP contribution in [0.15, 0.2) is 30.7 Å². The lowest BCUT2D eigenvalue weighted by molar-refractivity contribution is 0.457. The molecule has 2 aromatic rings. The van der Waals surface area contributed by atoms with Crippen molar-refractivity contribution in [3.63, 3.8) is 0 Å². The van der Waals surface area contributed by atoms with Crippen LogP contribution in [0.3, 0.4) is 0 Å². The molecule has 3 heterocycles. The normalized spacial score (nSPS) is 18.0. The Kier molecular flexibility index (Phi) is 4.66. The summed E-state index contributed by atoms with van der Waals surface area (Å²) in [5.41, 5.74) is 1.26. The number of hydrogen-bond acceptors (Lipinski definition) is 6. The van der Waals surface area contributed by atoms with Gasteiger partial charge < -0.3 is 14.7 Å². The third-order valence-corrected chi connectivity index (χ3v) is 5.44. The molecule has 2 aromatic heterocycles. The number of anilines is 3. The first-order chi connectivity index (χ1) is 12.6. The molecule has 26 heavy (non-hydrogen) atoms. The van der Waals surface area contributed by atoms with Crippen molar-refractivity contribution in [3.8, 4) is 0 Å². The largest absolute Gasteiger partial charge is 0.363 e. The number of piperidine rings is 1. The first kappa shape index (κ1) is 17.1. The van der Waals surface area contributed by atoms with Crippen LogP contribution in [-0.4, -0.2) is 54.2 Å². The smallest absolute Gasteiger partial charge is 0.134 e. The molecule has 0 unspecified atom stereocenters. The quantitative estimate of drug-likeness (QED) is 0.825. The molecule has 1 saturated carbocycles. The molecule has 1 saturated heterocycles. The van der Waals surface area contributed by atoms with Crippen LogP contribution in [0.25, 0.3) is 0 Å². The van der Waals surface area contributed by atoms with Crippen molar-refractivity contribution in [1.82, 2.24) is 15.0 Å². The molecule has 0 N–H and O–H groups in total. The topological polar surface area (TPSA) is 48.4 Å². The first-order valence-corrected chi connectivity index (χ1v) is 9.58. The highest BCUT2D eigenvalue weighted by Gasteiger charge is 2.36. The Labute approximate surface area is 155 Å². The maximum atomic E-state index is 4.61. The summed E-state index contributed by atoms with van der Waals surface area (Å²) in [6.07, 6.45) is 8.45. The second kappa shape index (κ2) is 7.09. The third kappa shape index (κ3) is 3.45. The molecular formula is C20H28N6. The fourth-order valence-electron chi connectivity index (χ4n) is 3.91. The van der Waals surface area contributed by atoms with Gasteiger partial charge in [-0.3, -0.25) is 0 Å². The summed E-state index contributed by atoms with van der Waals surface area (Å²) in [6, 6.07) is 7.49. The van der Waals surface area contributed by atoms with Gasteiger partial charge >= 0.3 is 0 Å². The predicted octanol–water partition coefficient (Wildman–Crippen LogP) is 2.88. The summed E-state index contributed by atoms with van der Waals surface area (Å²) >= 11 is 0. The number of aryl methyl sites for hydroxylation is 1. The summed E-state index contributed by atoms with van der Waals surface area (Å²) in [5.74, 6) is 3.20. The van der Waals surface area contributed by atoms with Crippen LogP contribution >= 0.6 is 0 Å². The monoisotopic (exact) mass is 352 g/mol. The van der Waals surface area contributed by atoms with Gasteiger partial charge in [-0.2, -0.15) is 0 Å². The molecule has 0 amide bonds. The van der Waals surface area contributed by atoms with E-state index >= 15 is 0 Å². The van der Waals surface area contributed by atoms with Gasteiger partial charge in [0, 0.05) is 51.5 Å². The lowest BCUT2D eigenvalue weighted by atomic mass is 10.0. The number of hydrogen-bond donors (Lipinski definition) is 0. The van der Waals surface area contributed by atoms with E-state index in [2.05, 4.69) is 43.8 Å². The Morgan fingerprint density at radius 1 is 0.962 bits per heavy atom. The Morgan fingerprint density at radius 3 is 2.31 bits per heavy atom. The van der Waals surface area contributed by atoms with E-state index in [4.69, 9.17) is 0 Å². The average molecular weight is 352 g/mol. The zero-order valence-corrected chi connectivity index (χ0v) is 16.0. The van der Waals surface area contributed by atoms with E-state index in [1.807, 2.05) is 31.3 Å². The van der Waals surface area contributed by atoms with Crippen LogP contribution in [-0.2, 0) is 0 Å². The molecule has 0 atom stereocenters. The minimum atomic E-state index is 0.549. The van der Waals surface area contributed by atoms with Gasteiger partial charge in [0.05, 0.1) is 0 Å². The van der Waals surface area contributed by atoms with Gasteiger partial charge in [0.1, 0.15) is 23.8 Å². The van der Waals surface area contributed by atoms with Gasteiger partial charge in [-0.05, 0) is 44.2 Å². The minimum absolute atomic E-state index is 0.549. The first-order valence-electron chi connectivity index (χ1n) is 9.58. The van der Waals surface area contributed by atoms with Gasteiger partial charge in [0.2, 0.25) is 0 Å². The molecule has 4 rings (SSSR count). The fraction of sp³-hybridized carbons (Fsp3) is 0.550. The van der Waals surface area contributed by atoms with Gasteiger partial charge in [-0.15, -0.1) is 0 Å². The second-order valence-corrected chi connectivity index (χ2v) is 7.63. The minimum Gasteiger partial charge on any atom is -0.363 e. The van der Waals surface area contributed by atoms with Gasteiger partial charge in [0.25, 0.3) is 0 Å². The van der Waals surface area contributed by atoms with Gasteiger partial charge in [-0.25, -0.2) is 15.0 Å². The zero-order valence-electron chi connectivity index (χ0n) is 16.0. The Bertz CT molecular complexity index is 749. The number of aromatic nitrogens is 3. The van der Waals surface area contributed by atoms with Crippen molar-refractivity contribution in [2.75, 3.05) is 41.9 Å². The molecule has 2 aliphatic rings. The van der Waals surface area contributed by atoms with E-state index in [-0.39, 0.29) is 0 Å². The second-order valence-electron chi connectivity index (χ2n) is 7.63. The van der Waals surface area contributed by atoms with Crippen molar-refractivity contribution < 1.29 is 0 Å². The predicted molar refractivity (Wildman–Crippen MR) is 106 cm³/mol. The SMILES string of the molecule is Cc1cccnc1N1CCC(N(c2cc(N(C)C)ncn2)C2CC2)CC1. The van der Waals surface area contributed by atoms with E-state index in [1.54, 1.807) is 6.33 Å². The third-order valence-electron chi connectivity index (χ3n) is 5.44. The van der Waals surface area contributed by atoms with E-state index in [0.717, 1.165) is 43.4 Å². The summed E-state index contributed by atoms with van der Waals surface area (Å²) in [4.78, 5) is 20.6. The molecule has 0 spiro atoms. The zero-order chi connectivity index (χ0) is 18.1. The number of nitrogens with zero attached hydrogens (tertiary/aromatic N) is 6. The van der Waals surface area contributed by atoms with Crippen LogP contribution in [0.5, 0.6) is 0 Å². The lowest BCUT2D eigenvalue weighted by Gasteiger charge is -2.40. The van der Waals surface area contributed by atoms with Crippen molar-refractivity contribution in [2.45, 2.75) is 44.7 Å². The molecule has 138 valence electrons. The highest BCUT2D eigenvalue weighted by atomic mass is 15.3. The number of rotatable bonds is 5. The van der Waals surface area contributed by atoms with Gasteiger partial charge in [-0.1, -0.05) is 6.07 Å². The van der Waals surface area contributed by atoms with E-state index in [1.165, 1.54) is 18.4 Å². The van der Waals surface area contributed by atoms with Gasteiger partial charge in [0.15, 0.2) is 0 Å². The van der Waals surface area contributed by atoms with E-state index < -0.39 is 0 Å². The molecule has 2 fully saturated rings. The Hall–Kier alpha value is -2.37. The Balaban J connectivity index is 1.50. The van der Waals surface area contributed by atoms with Crippen LogP contribution in [0.4, 0.5) is 17.5 Å². The summed E-state index contributed by atoms with van der Waals surface area (Å²) < 4.78 is 0. The maximum absolute atomic E-state index is 4.61. The molecule has 1 aliphatic heterocycles. The molecule has 6 nitrogen and oxygen atoms in total. The highest BCUT2D eigenvalue weighted by molar-refractivity contribution is 5.52. The van der Waals surface area contributed by atoms with Crippen LogP contribution in [0, 0.1) is 6.92 Å². The van der Waals surface area contributed by atoms with Crippen LogP contribution < -0.4 is 14.7 Å². The molecule has 0 radical (unpaired) electrons. The molecule has 0 bridgehead atoms. The molecule has 1 aliphatic carbocycles. The number of pyridine rings is 1. The van der Waals surface area contributed by atoms with Crippen molar-refractivity contribution in [2.24, 2.45) is 0 Å². The molecule has 0 aromatic carbocycles. The average Bonchev–Trinajstić information content (AvgIpc) is 3.48. The maximum Gasteiger partial charge on any atom is 0.134 e. The van der Waals surface area contributed by atoms with Crippen LogP contribution in [0.1, 0.15) is 31.2 Å². The van der Waals surface area contributed by atoms with E-state index in [0.29, 0.717) is 12.1 Å². The highest BCUT2D eigenvalue weighted by Crippen LogP contribution is 2.36. The van der Waals surface area contributed by atoms with Crippen molar-refractivity contribution >= 4 is 17.5 Å². The standard InChI is InChI=1S/C20H28N6/c1-15-5-4-10-21-20(15)25-11-8-17(9-12-25)26(16-6-7-16)19-13-18(24(2)3)22-14-23-19/h4-5,10,13-14,16-17H,6-9,11-12H2,1-3H3. The summed E-state index contributed by atoms with van der Waals surface area (Å²) in [7, 11) is 4.06. The Morgan fingerprint density at radius 2 is 1.65 bits per heavy atom. The fourth-order valence-corrected chi connectivity index (χ4v) is 3.91. The van der Waals surface area contributed by atoms with Crippen LogP contribution in [0.2, 0.25) is 0 Å². The van der Waals surface area contributed by atoms with Crippen molar-refractivity contribution in [1.29, 1.82) is 0 Å². The van der Waals surface area contributed by atoms with Crippen molar-refractivity contribution in [3.05, 3.63) is 36.3 Å². The summed E-state index contributed by atoms with van der Waals surface area (Å²) in [6.45, 7) is 4.25. The lowest BCUT2D eigenvalue weighted by Crippen LogP contribution is -2.47. The molecule has 6 heteroatoms. The summed E-state index contributed by atoms with van der Waals surface area (Å²) in [5, 5.41) is 0.